The summed E-state index contributed by atoms with van der Waals surface area (Å²) in [5.41, 5.74) is 1.53. The van der Waals surface area contributed by atoms with Crippen LogP contribution in [0, 0.1) is 5.82 Å². The van der Waals surface area contributed by atoms with E-state index in [1.807, 2.05) is 7.05 Å². The molecule has 0 aliphatic carbocycles. The highest BCUT2D eigenvalue weighted by molar-refractivity contribution is 7.98. The van der Waals surface area contributed by atoms with Crippen molar-refractivity contribution in [2.45, 2.75) is 26.0 Å². The van der Waals surface area contributed by atoms with Crippen molar-refractivity contribution in [3.63, 3.8) is 0 Å². The third-order valence-electron chi connectivity index (χ3n) is 2.89. The standard InChI is InChI=1S/C13H20FNOS/c1-9(8-17-4)15(3)13-6-5-11(14)7-12(13)10(2)16/h5-7,9-10,16H,8H2,1-4H3/t9?,10-/m1/s1. The van der Waals surface area contributed by atoms with Gasteiger partial charge < -0.3 is 10.0 Å². The molecule has 0 bridgehead atoms. The number of rotatable bonds is 5. The normalized spacial score (nSPS) is 14.5. The Bertz CT molecular complexity index is 370. The summed E-state index contributed by atoms with van der Waals surface area (Å²) in [4.78, 5) is 2.08. The molecule has 0 aliphatic heterocycles. The van der Waals surface area contributed by atoms with Gasteiger partial charge in [-0.25, -0.2) is 4.39 Å². The van der Waals surface area contributed by atoms with Crippen LogP contribution >= 0.6 is 11.8 Å². The van der Waals surface area contributed by atoms with Gasteiger partial charge in [-0.05, 0) is 38.3 Å². The van der Waals surface area contributed by atoms with Crippen molar-refractivity contribution in [2.24, 2.45) is 0 Å². The first-order valence-electron chi connectivity index (χ1n) is 5.66. The number of hydrogen-bond donors (Lipinski definition) is 1. The number of hydrogen-bond acceptors (Lipinski definition) is 3. The molecule has 1 N–H and O–H groups in total. The zero-order valence-electron chi connectivity index (χ0n) is 10.8. The van der Waals surface area contributed by atoms with Crippen LogP contribution < -0.4 is 4.90 Å². The van der Waals surface area contributed by atoms with Gasteiger partial charge in [-0.2, -0.15) is 11.8 Å². The third-order valence-corrected chi connectivity index (χ3v) is 3.70. The van der Waals surface area contributed by atoms with Crippen LogP contribution in [0.1, 0.15) is 25.5 Å². The number of benzene rings is 1. The Hall–Kier alpha value is -0.740. The van der Waals surface area contributed by atoms with Crippen molar-refractivity contribution in [3.8, 4) is 0 Å². The fourth-order valence-electron chi connectivity index (χ4n) is 1.77. The van der Waals surface area contributed by atoms with Gasteiger partial charge in [0, 0.05) is 30.1 Å². The summed E-state index contributed by atoms with van der Waals surface area (Å²) in [7, 11) is 1.97. The topological polar surface area (TPSA) is 23.5 Å². The maximum atomic E-state index is 13.2. The molecule has 17 heavy (non-hydrogen) atoms. The van der Waals surface area contributed by atoms with E-state index in [0.29, 0.717) is 11.6 Å². The highest BCUT2D eigenvalue weighted by Gasteiger charge is 2.16. The van der Waals surface area contributed by atoms with Crippen LogP contribution in [0.5, 0.6) is 0 Å². The molecule has 0 saturated carbocycles. The maximum Gasteiger partial charge on any atom is 0.123 e. The summed E-state index contributed by atoms with van der Waals surface area (Å²) in [5, 5.41) is 9.69. The van der Waals surface area contributed by atoms with Crippen LogP contribution in [-0.2, 0) is 0 Å². The van der Waals surface area contributed by atoms with Crippen molar-refractivity contribution in [1.82, 2.24) is 0 Å². The zero-order valence-corrected chi connectivity index (χ0v) is 11.6. The summed E-state index contributed by atoms with van der Waals surface area (Å²) >= 11 is 1.77. The molecule has 0 aliphatic rings. The lowest BCUT2D eigenvalue weighted by molar-refractivity contribution is 0.199. The SMILES string of the molecule is CSCC(C)N(C)c1ccc(F)cc1[C@@H](C)O. The lowest BCUT2D eigenvalue weighted by Gasteiger charge is -2.29. The summed E-state index contributed by atoms with van der Waals surface area (Å²) in [6, 6.07) is 4.91. The minimum atomic E-state index is -0.662. The molecule has 0 amide bonds. The highest BCUT2D eigenvalue weighted by atomic mass is 32.2. The van der Waals surface area contributed by atoms with E-state index in [2.05, 4.69) is 18.1 Å². The fourth-order valence-corrected chi connectivity index (χ4v) is 2.48. The Balaban J connectivity index is 3.03. The van der Waals surface area contributed by atoms with Crippen LogP contribution in [0.15, 0.2) is 18.2 Å². The Morgan fingerprint density at radius 3 is 2.59 bits per heavy atom. The molecule has 1 rings (SSSR count). The smallest absolute Gasteiger partial charge is 0.123 e. The van der Waals surface area contributed by atoms with Crippen molar-refractivity contribution >= 4 is 17.4 Å². The first-order valence-corrected chi connectivity index (χ1v) is 7.06. The minimum Gasteiger partial charge on any atom is -0.389 e. The number of halogens is 1. The fraction of sp³-hybridized carbons (Fsp3) is 0.538. The van der Waals surface area contributed by atoms with Crippen LogP contribution in [-0.4, -0.2) is 30.2 Å². The molecule has 0 saturated heterocycles. The molecule has 1 aromatic carbocycles. The van der Waals surface area contributed by atoms with Gasteiger partial charge in [0.1, 0.15) is 5.82 Å². The van der Waals surface area contributed by atoms with E-state index in [1.165, 1.54) is 12.1 Å². The van der Waals surface area contributed by atoms with E-state index in [-0.39, 0.29) is 5.82 Å². The summed E-state index contributed by atoms with van der Waals surface area (Å²) in [5.74, 6) is 0.684. The number of anilines is 1. The van der Waals surface area contributed by atoms with Crippen LogP contribution in [0.4, 0.5) is 10.1 Å². The predicted molar refractivity (Wildman–Crippen MR) is 73.3 cm³/mol. The summed E-state index contributed by atoms with van der Waals surface area (Å²) in [6.07, 6.45) is 1.40. The molecule has 0 heterocycles. The van der Waals surface area contributed by atoms with Gasteiger partial charge in [0.25, 0.3) is 0 Å². The molecule has 0 radical (unpaired) electrons. The molecular weight excluding hydrogens is 237 g/mol. The molecular formula is C13H20FNOS. The minimum absolute atomic E-state index is 0.310. The van der Waals surface area contributed by atoms with Crippen LogP contribution in [0.25, 0.3) is 0 Å². The quantitative estimate of drug-likeness (QED) is 0.877. The van der Waals surface area contributed by atoms with E-state index in [4.69, 9.17) is 0 Å². The second kappa shape index (κ2) is 6.26. The van der Waals surface area contributed by atoms with Gasteiger partial charge in [0.15, 0.2) is 0 Å². The zero-order chi connectivity index (χ0) is 13.0. The second-order valence-electron chi connectivity index (χ2n) is 4.29. The van der Waals surface area contributed by atoms with E-state index in [9.17, 15) is 9.50 Å². The number of thioether (sulfide) groups is 1. The van der Waals surface area contributed by atoms with E-state index in [1.54, 1.807) is 24.8 Å². The van der Waals surface area contributed by atoms with Gasteiger partial charge in [-0.3, -0.25) is 0 Å². The number of aliphatic hydroxyl groups is 1. The van der Waals surface area contributed by atoms with Gasteiger partial charge >= 0.3 is 0 Å². The van der Waals surface area contributed by atoms with E-state index < -0.39 is 6.10 Å². The average Bonchev–Trinajstić information content (AvgIpc) is 2.28. The molecule has 1 unspecified atom stereocenters. The lowest BCUT2D eigenvalue weighted by Crippen LogP contribution is -2.31. The average molecular weight is 257 g/mol. The molecule has 1 aromatic rings. The maximum absolute atomic E-state index is 13.2. The highest BCUT2D eigenvalue weighted by Crippen LogP contribution is 2.28. The molecule has 96 valence electrons. The molecule has 2 atom stereocenters. The van der Waals surface area contributed by atoms with Gasteiger partial charge in [-0.15, -0.1) is 0 Å². The third kappa shape index (κ3) is 3.61. The van der Waals surface area contributed by atoms with E-state index >= 15 is 0 Å². The van der Waals surface area contributed by atoms with Crippen molar-refractivity contribution in [3.05, 3.63) is 29.6 Å². The monoisotopic (exact) mass is 257 g/mol. The van der Waals surface area contributed by atoms with Crippen LogP contribution in [0.2, 0.25) is 0 Å². The van der Waals surface area contributed by atoms with Crippen molar-refractivity contribution in [1.29, 1.82) is 0 Å². The molecule has 4 heteroatoms. The Kier molecular flexibility index (Phi) is 5.28. The van der Waals surface area contributed by atoms with Gasteiger partial charge in [-0.1, -0.05) is 0 Å². The number of aliphatic hydroxyl groups excluding tert-OH is 1. The molecule has 0 spiro atoms. The van der Waals surface area contributed by atoms with Crippen molar-refractivity contribution < 1.29 is 9.50 Å². The van der Waals surface area contributed by atoms with Crippen LogP contribution in [0.3, 0.4) is 0 Å². The molecule has 2 nitrogen and oxygen atoms in total. The summed E-state index contributed by atoms with van der Waals surface area (Å²) < 4.78 is 13.2. The Morgan fingerprint density at radius 2 is 2.06 bits per heavy atom. The predicted octanol–water partition coefficient (Wildman–Crippen LogP) is 3.07. The Morgan fingerprint density at radius 1 is 1.41 bits per heavy atom. The molecule has 0 aromatic heterocycles. The largest absolute Gasteiger partial charge is 0.389 e. The van der Waals surface area contributed by atoms with E-state index in [0.717, 1.165) is 11.4 Å². The first-order chi connectivity index (χ1) is 7.97. The Labute approximate surface area is 107 Å². The first kappa shape index (κ1) is 14.3. The van der Waals surface area contributed by atoms with Gasteiger partial charge in [0.05, 0.1) is 6.10 Å². The van der Waals surface area contributed by atoms with Crippen molar-refractivity contribution in [2.75, 3.05) is 24.0 Å². The summed E-state index contributed by atoms with van der Waals surface area (Å²) in [6.45, 7) is 3.77. The lowest BCUT2D eigenvalue weighted by atomic mass is 10.1. The van der Waals surface area contributed by atoms with Gasteiger partial charge in [0.2, 0.25) is 0 Å². The molecule has 0 fully saturated rings. The second-order valence-corrected chi connectivity index (χ2v) is 5.21. The number of nitrogens with zero attached hydrogens (tertiary/aromatic N) is 1.